The maximum atomic E-state index is 13.8. The Morgan fingerprint density at radius 2 is 1.84 bits per heavy atom. The van der Waals surface area contributed by atoms with Crippen LogP contribution in [0.2, 0.25) is 0 Å². The number of nitrogens with one attached hydrogen (secondary N) is 1. The van der Waals surface area contributed by atoms with Gasteiger partial charge in [-0.3, -0.25) is 24.2 Å². The Morgan fingerprint density at radius 3 is 2.62 bits per heavy atom. The Labute approximate surface area is 187 Å². The topological polar surface area (TPSA) is 69.7 Å². The van der Waals surface area contributed by atoms with Gasteiger partial charge in [0.1, 0.15) is 5.54 Å². The van der Waals surface area contributed by atoms with E-state index in [2.05, 4.69) is 23.2 Å². The monoisotopic (exact) mass is 429 g/mol. The molecule has 32 heavy (non-hydrogen) atoms. The molecule has 0 aliphatic carbocycles. The van der Waals surface area contributed by atoms with Crippen LogP contribution in [0.25, 0.3) is 0 Å². The van der Waals surface area contributed by atoms with Gasteiger partial charge < -0.3 is 5.32 Å². The fraction of sp³-hybridized carbons (Fsp3) is 0.423. The Kier molecular flexibility index (Phi) is 4.31. The number of fused-ring (bicyclic) bond motifs is 7. The number of likely N-dealkylation sites (tertiary alicyclic amines) is 1. The van der Waals surface area contributed by atoms with Gasteiger partial charge in [0.2, 0.25) is 17.7 Å². The molecule has 6 nitrogen and oxygen atoms in total. The molecule has 4 heterocycles. The average molecular weight is 430 g/mol. The zero-order chi connectivity index (χ0) is 22.0. The van der Waals surface area contributed by atoms with E-state index in [0.29, 0.717) is 13.0 Å². The number of benzene rings is 2. The zero-order valence-electron chi connectivity index (χ0n) is 18.2. The zero-order valence-corrected chi connectivity index (χ0v) is 18.2. The third kappa shape index (κ3) is 2.41. The second kappa shape index (κ2) is 7.01. The van der Waals surface area contributed by atoms with E-state index in [-0.39, 0.29) is 23.8 Å². The molecule has 4 aliphatic heterocycles. The molecule has 2 aromatic rings. The second-order valence-corrected chi connectivity index (χ2v) is 9.42. The second-order valence-electron chi connectivity index (χ2n) is 9.42. The van der Waals surface area contributed by atoms with Crippen molar-refractivity contribution in [3.63, 3.8) is 0 Å². The molecule has 1 N–H and O–H groups in total. The van der Waals surface area contributed by atoms with Crippen molar-refractivity contribution in [1.82, 2.24) is 9.80 Å². The van der Waals surface area contributed by atoms with Gasteiger partial charge in [0.15, 0.2) is 0 Å². The number of hydrogen-bond acceptors (Lipinski definition) is 4. The number of imide groups is 1. The number of anilines is 1. The summed E-state index contributed by atoms with van der Waals surface area (Å²) in [6.07, 6.45) is 3.27. The number of hydrogen-bond donors (Lipinski definition) is 1. The van der Waals surface area contributed by atoms with Crippen molar-refractivity contribution in [2.24, 2.45) is 11.8 Å². The largest absolute Gasteiger partial charge is 0.324 e. The minimum absolute atomic E-state index is 0.0554. The lowest BCUT2D eigenvalue weighted by Gasteiger charge is -2.36. The van der Waals surface area contributed by atoms with Gasteiger partial charge in [-0.15, -0.1) is 0 Å². The maximum Gasteiger partial charge on any atom is 0.250 e. The molecule has 3 amide bonds. The van der Waals surface area contributed by atoms with Gasteiger partial charge >= 0.3 is 0 Å². The summed E-state index contributed by atoms with van der Waals surface area (Å²) in [6.45, 7) is 3.19. The molecule has 6 rings (SSSR count). The average Bonchev–Trinajstić information content (AvgIpc) is 3.51. The van der Waals surface area contributed by atoms with E-state index >= 15 is 0 Å². The predicted molar refractivity (Wildman–Crippen MR) is 120 cm³/mol. The van der Waals surface area contributed by atoms with Crippen molar-refractivity contribution < 1.29 is 14.4 Å². The Hall–Kier alpha value is -2.99. The number of rotatable bonds is 4. The van der Waals surface area contributed by atoms with Gasteiger partial charge in [-0.25, -0.2) is 0 Å². The molecular formula is C26H27N3O3. The third-order valence-corrected chi connectivity index (χ3v) is 8.02. The Morgan fingerprint density at radius 1 is 1.03 bits per heavy atom. The molecule has 1 spiro atoms. The predicted octanol–water partition coefficient (Wildman–Crippen LogP) is 2.72. The van der Waals surface area contributed by atoms with Gasteiger partial charge in [-0.1, -0.05) is 49.4 Å². The highest BCUT2D eigenvalue weighted by atomic mass is 16.2. The lowest BCUT2D eigenvalue weighted by atomic mass is 9.75. The maximum absolute atomic E-state index is 13.8. The molecule has 0 saturated carbocycles. The van der Waals surface area contributed by atoms with Crippen molar-refractivity contribution in [2.45, 2.75) is 44.2 Å². The number of nitrogens with zero attached hydrogens (tertiary/aromatic N) is 2. The molecule has 3 fully saturated rings. The first-order valence-corrected chi connectivity index (χ1v) is 11.7. The summed E-state index contributed by atoms with van der Waals surface area (Å²) in [5, 5.41) is 3.05. The van der Waals surface area contributed by atoms with E-state index in [4.69, 9.17) is 0 Å². The first-order valence-electron chi connectivity index (χ1n) is 11.7. The SMILES string of the molecule is CCc1ccc2c(c1)C1(C(=O)N2)C2C(=O)N(CCc3ccccc3)C(=O)C2C2CCCN21. The van der Waals surface area contributed by atoms with E-state index in [1.54, 1.807) is 0 Å². The fourth-order valence-electron chi connectivity index (χ4n) is 6.64. The van der Waals surface area contributed by atoms with Crippen LogP contribution in [0.3, 0.4) is 0 Å². The number of carbonyl (C=O) groups excluding carboxylic acids is 3. The molecule has 3 saturated heterocycles. The van der Waals surface area contributed by atoms with Crippen molar-refractivity contribution in [2.75, 3.05) is 18.4 Å². The van der Waals surface area contributed by atoms with E-state index < -0.39 is 17.4 Å². The van der Waals surface area contributed by atoms with Crippen LogP contribution in [-0.4, -0.2) is 46.7 Å². The minimum Gasteiger partial charge on any atom is -0.324 e. The summed E-state index contributed by atoms with van der Waals surface area (Å²) in [5.41, 5.74) is 2.82. The van der Waals surface area contributed by atoms with Crippen LogP contribution < -0.4 is 5.32 Å². The van der Waals surface area contributed by atoms with E-state index in [1.807, 2.05) is 42.5 Å². The first-order chi connectivity index (χ1) is 15.6. The molecule has 4 atom stereocenters. The fourth-order valence-corrected chi connectivity index (χ4v) is 6.64. The standard InChI is InChI=1S/C26H27N3O3/c1-2-16-10-11-19-18(15-16)26(25(32)27-19)22-21(20-9-6-13-29(20)26)23(30)28(24(22)31)14-12-17-7-4-3-5-8-17/h3-5,7-8,10-11,15,20-22H,2,6,9,12-14H2,1H3,(H,27,32). The summed E-state index contributed by atoms with van der Waals surface area (Å²) in [4.78, 5) is 44.7. The molecule has 6 heteroatoms. The minimum atomic E-state index is -1.07. The van der Waals surface area contributed by atoms with Crippen LogP contribution >= 0.6 is 0 Å². The normalized spacial score (nSPS) is 30.7. The Balaban J connectivity index is 1.43. The molecule has 4 aliphatic rings. The summed E-state index contributed by atoms with van der Waals surface area (Å²) in [5.74, 6) is -1.52. The number of carbonyl (C=O) groups is 3. The molecule has 164 valence electrons. The summed E-state index contributed by atoms with van der Waals surface area (Å²) >= 11 is 0. The molecule has 4 unspecified atom stereocenters. The van der Waals surface area contributed by atoms with Crippen LogP contribution in [-0.2, 0) is 32.8 Å². The van der Waals surface area contributed by atoms with Crippen molar-refractivity contribution >= 4 is 23.4 Å². The summed E-state index contributed by atoms with van der Waals surface area (Å²) in [6, 6.07) is 15.9. The smallest absolute Gasteiger partial charge is 0.250 e. The first kappa shape index (κ1) is 19.7. The van der Waals surface area contributed by atoms with Gasteiger partial charge in [-0.2, -0.15) is 0 Å². The lowest BCUT2D eigenvalue weighted by Crippen LogP contribution is -2.54. The summed E-state index contributed by atoms with van der Waals surface area (Å²) < 4.78 is 0. The van der Waals surface area contributed by atoms with Crippen LogP contribution in [0.4, 0.5) is 5.69 Å². The van der Waals surface area contributed by atoms with Gasteiger partial charge in [-0.05, 0) is 49.4 Å². The number of amides is 3. The Bertz CT molecular complexity index is 1130. The highest BCUT2D eigenvalue weighted by molar-refractivity contribution is 6.15. The lowest BCUT2D eigenvalue weighted by molar-refractivity contribution is -0.145. The van der Waals surface area contributed by atoms with Crippen LogP contribution in [0, 0.1) is 11.8 Å². The highest BCUT2D eigenvalue weighted by Gasteiger charge is 2.74. The molecule has 2 aromatic carbocycles. The molecular weight excluding hydrogens is 402 g/mol. The van der Waals surface area contributed by atoms with Crippen molar-refractivity contribution in [1.29, 1.82) is 0 Å². The van der Waals surface area contributed by atoms with Crippen molar-refractivity contribution in [3.05, 3.63) is 65.2 Å². The van der Waals surface area contributed by atoms with Crippen LogP contribution in [0.1, 0.15) is 36.5 Å². The summed E-state index contributed by atoms with van der Waals surface area (Å²) in [7, 11) is 0. The van der Waals surface area contributed by atoms with Gasteiger partial charge in [0.05, 0.1) is 11.8 Å². The van der Waals surface area contributed by atoms with E-state index in [1.165, 1.54) is 4.90 Å². The van der Waals surface area contributed by atoms with Crippen LogP contribution in [0.15, 0.2) is 48.5 Å². The molecule has 0 aromatic heterocycles. The van der Waals surface area contributed by atoms with Crippen molar-refractivity contribution in [3.8, 4) is 0 Å². The van der Waals surface area contributed by atoms with Gasteiger partial charge in [0.25, 0.3) is 0 Å². The van der Waals surface area contributed by atoms with Crippen LogP contribution in [0.5, 0.6) is 0 Å². The quantitative estimate of drug-likeness (QED) is 0.759. The highest BCUT2D eigenvalue weighted by Crippen LogP contribution is 2.60. The molecule has 0 bridgehead atoms. The number of aryl methyl sites for hydroxylation is 1. The van der Waals surface area contributed by atoms with E-state index in [0.717, 1.165) is 48.2 Å². The van der Waals surface area contributed by atoms with Gasteiger partial charge in [0, 0.05) is 23.8 Å². The van der Waals surface area contributed by atoms with E-state index in [9.17, 15) is 14.4 Å². The third-order valence-electron chi connectivity index (χ3n) is 8.02. The molecule has 0 radical (unpaired) electrons.